The van der Waals surface area contributed by atoms with Crippen LogP contribution in [-0.4, -0.2) is 59.2 Å². The second-order valence-corrected chi connectivity index (χ2v) is 7.83. The number of hydrogen-bond donors (Lipinski definition) is 1. The average Bonchev–Trinajstić information content (AvgIpc) is 3.10. The summed E-state index contributed by atoms with van der Waals surface area (Å²) < 4.78 is 10.2. The number of esters is 1. The molecular weight excluding hydrogens is 408 g/mol. The topological polar surface area (TPSA) is 93.7 Å². The Bertz CT molecular complexity index is 977. The zero-order valence-electron chi connectivity index (χ0n) is 16.9. The summed E-state index contributed by atoms with van der Waals surface area (Å²) in [6, 6.07) is 5.12. The number of rotatable bonds is 5. The molecule has 158 valence electrons. The third-order valence-corrected chi connectivity index (χ3v) is 5.80. The molecule has 1 amide bonds. The van der Waals surface area contributed by atoms with Gasteiger partial charge in [0.25, 0.3) is 5.91 Å². The molecule has 1 unspecified atom stereocenters. The summed E-state index contributed by atoms with van der Waals surface area (Å²) in [5.41, 5.74) is 2.66. The fraction of sp³-hybridized carbons (Fsp3) is 0.429. The molecule has 1 aromatic carbocycles. The predicted molar refractivity (Wildman–Crippen MR) is 111 cm³/mol. The van der Waals surface area contributed by atoms with Crippen LogP contribution in [0.1, 0.15) is 35.7 Å². The molecule has 0 saturated carbocycles. The standard InChI is InChI=1S/C21H23ClN4O4/c1-12(20(28)29-2)26-11-14-4-3-13(9-16(14)19(26)27)18-17(22)10-23-21(25-18)24-15-5-7-30-8-6-15/h3-4,9-10,12,15H,5-8,11H2,1-2H3,(H,23,24,25). The molecule has 1 saturated heterocycles. The van der Waals surface area contributed by atoms with Crippen molar-refractivity contribution in [2.24, 2.45) is 0 Å². The SMILES string of the molecule is COC(=O)C(C)N1Cc2ccc(-c3nc(NC4CCOCC4)ncc3Cl)cc2C1=O. The Morgan fingerprint density at radius 1 is 1.37 bits per heavy atom. The van der Waals surface area contributed by atoms with E-state index in [1.165, 1.54) is 12.0 Å². The molecule has 0 bridgehead atoms. The van der Waals surface area contributed by atoms with Gasteiger partial charge in [0.1, 0.15) is 6.04 Å². The maximum atomic E-state index is 12.9. The molecule has 1 atom stereocenters. The van der Waals surface area contributed by atoms with Gasteiger partial charge in [0.2, 0.25) is 5.95 Å². The zero-order valence-corrected chi connectivity index (χ0v) is 17.6. The number of anilines is 1. The van der Waals surface area contributed by atoms with Gasteiger partial charge in [-0.15, -0.1) is 0 Å². The summed E-state index contributed by atoms with van der Waals surface area (Å²) >= 11 is 6.37. The molecule has 0 aliphatic carbocycles. The van der Waals surface area contributed by atoms with Crippen molar-refractivity contribution in [3.63, 3.8) is 0 Å². The molecule has 2 aliphatic rings. The highest BCUT2D eigenvalue weighted by Gasteiger charge is 2.34. The molecule has 2 aromatic rings. The van der Waals surface area contributed by atoms with Crippen LogP contribution in [-0.2, 0) is 20.8 Å². The Hall–Kier alpha value is -2.71. The van der Waals surface area contributed by atoms with Gasteiger partial charge in [-0.05, 0) is 31.4 Å². The summed E-state index contributed by atoms with van der Waals surface area (Å²) in [5, 5.41) is 3.73. The van der Waals surface area contributed by atoms with Gasteiger partial charge in [0.15, 0.2) is 0 Å². The van der Waals surface area contributed by atoms with Crippen molar-refractivity contribution >= 4 is 29.4 Å². The third kappa shape index (κ3) is 3.97. The number of fused-ring (bicyclic) bond motifs is 1. The third-order valence-electron chi connectivity index (χ3n) is 5.52. The van der Waals surface area contributed by atoms with E-state index in [0.29, 0.717) is 42.0 Å². The van der Waals surface area contributed by atoms with E-state index in [9.17, 15) is 9.59 Å². The Balaban J connectivity index is 1.59. The first kappa shape index (κ1) is 20.6. The molecular formula is C21H23ClN4O4. The summed E-state index contributed by atoms with van der Waals surface area (Å²) in [7, 11) is 1.31. The Labute approximate surface area is 179 Å². The van der Waals surface area contributed by atoms with Gasteiger partial charge in [0.05, 0.1) is 24.0 Å². The summed E-state index contributed by atoms with van der Waals surface area (Å²) in [6.07, 6.45) is 3.35. The summed E-state index contributed by atoms with van der Waals surface area (Å²) in [6.45, 7) is 3.45. The van der Waals surface area contributed by atoms with Gasteiger partial charge in [-0.1, -0.05) is 23.7 Å². The number of amides is 1. The lowest BCUT2D eigenvalue weighted by Gasteiger charge is -2.23. The first-order chi connectivity index (χ1) is 14.5. The van der Waals surface area contributed by atoms with Crippen LogP contribution < -0.4 is 5.32 Å². The number of benzene rings is 1. The van der Waals surface area contributed by atoms with E-state index in [1.807, 2.05) is 12.1 Å². The summed E-state index contributed by atoms with van der Waals surface area (Å²) in [4.78, 5) is 35.1. The minimum atomic E-state index is -0.656. The monoisotopic (exact) mass is 430 g/mol. The van der Waals surface area contributed by atoms with Crippen molar-refractivity contribution in [2.75, 3.05) is 25.6 Å². The molecule has 8 nitrogen and oxygen atoms in total. The minimum Gasteiger partial charge on any atom is -0.467 e. The predicted octanol–water partition coefficient (Wildman–Crippen LogP) is 2.91. The number of carbonyl (C=O) groups excluding carboxylic acids is 2. The van der Waals surface area contributed by atoms with Crippen LogP contribution in [0.3, 0.4) is 0 Å². The first-order valence-corrected chi connectivity index (χ1v) is 10.2. The van der Waals surface area contributed by atoms with Crippen molar-refractivity contribution in [3.8, 4) is 11.3 Å². The largest absolute Gasteiger partial charge is 0.467 e. The van der Waals surface area contributed by atoms with E-state index in [1.54, 1.807) is 19.2 Å². The van der Waals surface area contributed by atoms with Crippen LogP contribution >= 0.6 is 11.6 Å². The second kappa shape index (κ2) is 8.57. The van der Waals surface area contributed by atoms with Gasteiger partial charge in [-0.3, -0.25) is 4.79 Å². The highest BCUT2D eigenvalue weighted by Crippen LogP contribution is 2.32. The highest BCUT2D eigenvalue weighted by molar-refractivity contribution is 6.33. The molecule has 4 rings (SSSR count). The average molecular weight is 431 g/mol. The van der Waals surface area contributed by atoms with E-state index < -0.39 is 12.0 Å². The number of hydrogen-bond acceptors (Lipinski definition) is 7. The van der Waals surface area contributed by atoms with Crippen LogP contribution in [0.2, 0.25) is 5.02 Å². The van der Waals surface area contributed by atoms with Gasteiger partial charge < -0.3 is 19.7 Å². The second-order valence-electron chi connectivity index (χ2n) is 7.43. The molecule has 0 spiro atoms. The van der Waals surface area contributed by atoms with Crippen molar-refractivity contribution in [3.05, 3.63) is 40.5 Å². The molecule has 2 aliphatic heterocycles. The lowest BCUT2D eigenvalue weighted by atomic mass is 10.0. The van der Waals surface area contributed by atoms with E-state index >= 15 is 0 Å². The fourth-order valence-corrected chi connectivity index (χ4v) is 3.95. The Morgan fingerprint density at radius 2 is 2.13 bits per heavy atom. The van der Waals surface area contributed by atoms with E-state index in [4.69, 9.17) is 21.1 Å². The number of nitrogens with zero attached hydrogens (tertiary/aromatic N) is 3. The van der Waals surface area contributed by atoms with Crippen LogP contribution in [0.4, 0.5) is 5.95 Å². The Morgan fingerprint density at radius 3 is 2.87 bits per heavy atom. The van der Waals surface area contributed by atoms with E-state index in [0.717, 1.165) is 24.0 Å². The van der Waals surface area contributed by atoms with E-state index in [-0.39, 0.29) is 11.9 Å². The first-order valence-electron chi connectivity index (χ1n) is 9.87. The number of aromatic nitrogens is 2. The Kier molecular flexibility index (Phi) is 5.87. The maximum absolute atomic E-state index is 12.9. The molecule has 1 aromatic heterocycles. The molecule has 3 heterocycles. The van der Waals surface area contributed by atoms with Crippen molar-refractivity contribution < 1.29 is 19.1 Å². The van der Waals surface area contributed by atoms with Gasteiger partial charge >= 0.3 is 5.97 Å². The quantitative estimate of drug-likeness (QED) is 0.729. The van der Waals surface area contributed by atoms with Crippen molar-refractivity contribution in [2.45, 2.75) is 38.4 Å². The number of halogens is 1. The van der Waals surface area contributed by atoms with Crippen molar-refractivity contribution in [1.82, 2.24) is 14.9 Å². The zero-order chi connectivity index (χ0) is 21.3. The smallest absolute Gasteiger partial charge is 0.328 e. The summed E-state index contributed by atoms with van der Waals surface area (Å²) in [5.74, 6) is -0.163. The van der Waals surface area contributed by atoms with Crippen LogP contribution in [0.15, 0.2) is 24.4 Å². The normalized spacial score (nSPS) is 17.6. The number of carbonyl (C=O) groups is 2. The maximum Gasteiger partial charge on any atom is 0.328 e. The van der Waals surface area contributed by atoms with Gasteiger partial charge in [-0.25, -0.2) is 14.8 Å². The van der Waals surface area contributed by atoms with Crippen LogP contribution in [0.25, 0.3) is 11.3 Å². The number of ether oxygens (including phenoxy) is 2. The lowest BCUT2D eigenvalue weighted by molar-refractivity contribution is -0.145. The molecule has 1 fully saturated rings. The van der Waals surface area contributed by atoms with Gasteiger partial charge in [0, 0.05) is 36.9 Å². The molecule has 1 N–H and O–H groups in total. The highest BCUT2D eigenvalue weighted by atomic mass is 35.5. The van der Waals surface area contributed by atoms with E-state index in [2.05, 4.69) is 15.3 Å². The lowest BCUT2D eigenvalue weighted by Crippen LogP contribution is -2.39. The number of methoxy groups -OCH3 is 1. The minimum absolute atomic E-state index is 0.213. The van der Waals surface area contributed by atoms with Crippen molar-refractivity contribution in [1.29, 1.82) is 0 Å². The molecule has 30 heavy (non-hydrogen) atoms. The van der Waals surface area contributed by atoms with Crippen LogP contribution in [0.5, 0.6) is 0 Å². The van der Waals surface area contributed by atoms with Crippen LogP contribution in [0, 0.1) is 0 Å². The molecule has 0 radical (unpaired) electrons. The fourth-order valence-electron chi connectivity index (χ4n) is 3.74. The molecule has 9 heteroatoms. The number of nitrogens with one attached hydrogen (secondary N) is 1. The van der Waals surface area contributed by atoms with Gasteiger partial charge in [-0.2, -0.15) is 0 Å².